The molecule has 2 unspecified atom stereocenters. The molecule has 1 amide bonds. The van der Waals surface area contributed by atoms with Crippen molar-refractivity contribution in [3.05, 3.63) is 53.4 Å². The number of thiol groups is 1. The number of halogens is 3. The summed E-state index contributed by atoms with van der Waals surface area (Å²) in [5, 5.41) is 13.4. The fraction of sp³-hybridized carbons (Fsp3) is 0.400. The van der Waals surface area contributed by atoms with Gasteiger partial charge in [0, 0.05) is 30.2 Å². The molecular weight excluding hydrogens is 491 g/mol. The van der Waals surface area contributed by atoms with Crippen LogP contribution in [0.25, 0.3) is 16.7 Å². The van der Waals surface area contributed by atoms with Crippen molar-refractivity contribution in [1.82, 2.24) is 10.2 Å². The number of nitrogen functional groups attached to an aromatic ring is 1. The Kier molecular flexibility index (Phi) is 8.93. The van der Waals surface area contributed by atoms with Gasteiger partial charge in [-0.05, 0) is 42.7 Å². The number of anilines is 2. The third kappa shape index (κ3) is 5.80. The fourth-order valence-corrected chi connectivity index (χ4v) is 4.65. The van der Waals surface area contributed by atoms with Crippen LogP contribution in [0.15, 0.2) is 30.3 Å². The Bertz CT molecular complexity index is 1160. The van der Waals surface area contributed by atoms with E-state index in [0.29, 0.717) is 19.4 Å². The monoisotopic (exact) mass is 524 g/mol. The Hall–Kier alpha value is -2.73. The predicted octanol–water partition coefficient (Wildman–Crippen LogP) is 4.75. The molecule has 5 N–H and O–H groups in total. The summed E-state index contributed by atoms with van der Waals surface area (Å²) in [5.41, 5.74) is 7.20. The van der Waals surface area contributed by atoms with Crippen LogP contribution < -0.4 is 16.5 Å². The van der Waals surface area contributed by atoms with E-state index in [-0.39, 0.29) is 22.9 Å². The Morgan fingerprint density at radius 2 is 2.00 bits per heavy atom. The summed E-state index contributed by atoms with van der Waals surface area (Å²) >= 11 is 4.26. The van der Waals surface area contributed by atoms with E-state index in [9.17, 15) is 14.4 Å². The van der Waals surface area contributed by atoms with Crippen molar-refractivity contribution in [2.45, 2.75) is 38.6 Å². The van der Waals surface area contributed by atoms with Gasteiger partial charge in [0.15, 0.2) is 17.7 Å². The van der Waals surface area contributed by atoms with Gasteiger partial charge in [-0.1, -0.05) is 31.6 Å². The molecule has 3 rings (SSSR count). The zero-order valence-corrected chi connectivity index (χ0v) is 21.5. The second-order valence-corrected chi connectivity index (χ2v) is 9.59. The van der Waals surface area contributed by atoms with Gasteiger partial charge >= 0.3 is 0 Å². The number of piperidine rings is 1. The Labute approximate surface area is 214 Å². The highest BCUT2D eigenvalue weighted by molar-refractivity contribution is 7.74. The van der Waals surface area contributed by atoms with E-state index < -0.39 is 44.3 Å². The Balaban J connectivity index is 2.03. The number of carbonyl (C=O) groups excluding carboxylic acids is 1. The topological polar surface area (TPSA) is 90.6 Å². The van der Waals surface area contributed by atoms with Gasteiger partial charge in [-0.2, -0.15) is 10.6 Å². The summed E-state index contributed by atoms with van der Waals surface area (Å²) in [6.45, 7) is 3.30. The lowest BCUT2D eigenvalue weighted by atomic mass is 9.95. The largest absolute Gasteiger partial charge is 0.396 e. The van der Waals surface area contributed by atoms with E-state index in [4.69, 9.17) is 5.73 Å². The van der Waals surface area contributed by atoms with Gasteiger partial charge in [-0.3, -0.25) is 4.79 Å². The lowest BCUT2D eigenvalue weighted by molar-refractivity contribution is -0.993. The molecule has 196 valence electrons. The molecule has 0 bridgehead atoms. The van der Waals surface area contributed by atoms with E-state index >= 15 is 8.78 Å². The molecule has 7 nitrogen and oxygen atoms in total. The van der Waals surface area contributed by atoms with Crippen LogP contribution >= 0.6 is 12.8 Å². The number of hydrogen-bond donors (Lipinski definition) is 5. The van der Waals surface area contributed by atoms with Gasteiger partial charge in [0.2, 0.25) is 0 Å². The third-order valence-corrected chi connectivity index (χ3v) is 6.76. The van der Waals surface area contributed by atoms with Gasteiger partial charge < -0.3 is 16.0 Å². The first-order valence-corrected chi connectivity index (χ1v) is 12.2. The summed E-state index contributed by atoms with van der Waals surface area (Å²) in [7, 11) is 3.35. The summed E-state index contributed by atoms with van der Waals surface area (Å²) in [5.74, 6) is -3.63. The molecule has 2 atom stereocenters. The number of hydroxylamine groups is 1. The predicted molar refractivity (Wildman–Crippen MR) is 138 cm³/mol. The molecule has 1 saturated heterocycles. The number of rotatable bonds is 8. The quantitative estimate of drug-likeness (QED) is 0.113. The van der Waals surface area contributed by atoms with E-state index in [1.165, 1.54) is 19.2 Å². The summed E-state index contributed by atoms with van der Waals surface area (Å²) in [6, 6.07) is 4.26. The normalized spacial score (nSPS) is 18.6. The summed E-state index contributed by atoms with van der Waals surface area (Å²) < 4.78 is 44.8. The molecule has 1 fully saturated rings. The SMILES string of the molecule is CCC/C=C(/C(=O)NC)c1ccc(-c2c(F)ccc(N[N+](O)(S)C3CCCN(C)C3)c2F)c(F)c1N. The number of hydrogen-bond acceptors (Lipinski definition) is 6. The highest BCUT2D eigenvalue weighted by Gasteiger charge is 2.38. The van der Waals surface area contributed by atoms with Crippen LogP contribution in [0.3, 0.4) is 0 Å². The second kappa shape index (κ2) is 11.5. The van der Waals surface area contributed by atoms with E-state index in [1.807, 2.05) is 18.9 Å². The number of unbranched alkanes of at least 4 members (excludes halogenated alkanes) is 1. The minimum atomic E-state index is -1.11. The first kappa shape index (κ1) is 27.9. The third-order valence-electron chi connectivity index (χ3n) is 6.33. The molecule has 0 spiro atoms. The highest BCUT2D eigenvalue weighted by atomic mass is 32.1. The van der Waals surface area contributed by atoms with Crippen molar-refractivity contribution < 1.29 is 27.3 Å². The van der Waals surface area contributed by atoms with Gasteiger partial charge in [0.05, 0.1) is 17.8 Å². The smallest absolute Gasteiger partial charge is 0.251 e. The molecule has 2 aromatic rings. The first-order valence-electron chi connectivity index (χ1n) is 11.8. The number of likely N-dealkylation sites (tertiary alicyclic amines) is 1. The van der Waals surface area contributed by atoms with Crippen LogP contribution in [-0.2, 0) is 4.79 Å². The molecule has 0 aliphatic carbocycles. The summed E-state index contributed by atoms with van der Waals surface area (Å²) in [6.07, 6.45) is 4.42. The average Bonchev–Trinajstić information content (AvgIpc) is 2.84. The van der Waals surface area contributed by atoms with E-state index in [1.54, 1.807) is 6.08 Å². The Morgan fingerprint density at radius 1 is 1.28 bits per heavy atom. The van der Waals surface area contributed by atoms with Gasteiger partial charge in [0.25, 0.3) is 5.91 Å². The number of amides is 1. The summed E-state index contributed by atoms with van der Waals surface area (Å²) in [4.78, 5) is 14.4. The maximum Gasteiger partial charge on any atom is 0.251 e. The number of benzene rings is 2. The van der Waals surface area contributed by atoms with Crippen LogP contribution in [-0.4, -0.2) is 53.4 Å². The van der Waals surface area contributed by atoms with Crippen molar-refractivity contribution in [2.24, 2.45) is 0 Å². The molecule has 1 aliphatic rings. The molecular formula is C25H33F3N5O2S+. The number of nitrogens with one attached hydrogen (secondary N) is 2. The second-order valence-electron chi connectivity index (χ2n) is 8.98. The zero-order chi connectivity index (χ0) is 26.6. The minimum absolute atomic E-state index is 0.127. The van der Waals surface area contributed by atoms with Gasteiger partial charge in [-0.25, -0.2) is 13.2 Å². The maximum absolute atomic E-state index is 15.6. The first-order chi connectivity index (χ1) is 17.0. The average molecular weight is 525 g/mol. The van der Waals surface area contributed by atoms with Gasteiger partial charge in [0.1, 0.15) is 24.3 Å². The lowest BCUT2D eigenvalue weighted by Gasteiger charge is -2.37. The number of nitrogens with zero attached hydrogens (tertiary/aromatic N) is 2. The zero-order valence-electron chi connectivity index (χ0n) is 20.6. The fourth-order valence-electron chi connectivity index (χ4n) is 4.36. The van der Waals surface area contributed by atoms with Crippen LogP contribution in [0, 0.1) is 17.5 Å². The van der Waals surface area contributed by atoms with Crippen molar-refractivity contribution in [2.75, 3.05) is 38.3 Å². The molecule has 2 aromatic carbocycles. The van der Waals surface area contributed by atoms with E-state index in [2.05, 4.69) is 23.6 Å². The standard InChI is InChI=1S/C25H32F3N5O2S/c1-4-5-8-17(25(34)30-2)16-9-10-18(22(27)24(16)29)21-19(26)11-12-20(23(21)28)31-33(35,36)15-7-6-13-32(3)14-15/h8-12,15,31,35-36H,4-7,13-14,29H2,1-3H3/p+1/b17-8+. The van der Waals surface area contributed by atoms with Crippen LogP contribution in [0.2, 0.25) is 0 Å². The molecule has 1 heterocycles. The molecule has 0 saturated carbocycles. The van der Waals surface area contributed by atoms with Crippen LogP contribution in [0.1, 0.15) is 38.2 Å². The number of quaternary nitrogens is 1. The van der Waals surface area contributed by atoms with Crippen molar-refractivity contribution in [1.29, 1.82) is 0 Å². The number of allylic oxidation sites excluding steroid dienone is 1. The number of likely N-dealkylation sites (N-methyl/N-ethyl adjacent to an activating group) is 2. The molecule has 0 radical (unpaired) electrons. The van der Waals surface area contributed by atoms with Crippen molar-refractivity contribution in [3.8, 4) is 11.1 Å². The number of carbonyl (C=O) groups is 1. The molecule has 11 heteroatoms. The highest BCUT2D eigenvalue weighted by Crippen LogP contribution is 2.38. The van der Waals surface area contributed by atoms with Crippen LogP contribution in [0.5, 0.6) is 0 Å². The molecule has 1 aliphatic heterocycles. The molecule has 0 aromatic heterocycles. The molecule has 36 heavy (non-hydrogen) atoms. The lowest BCUT2D eigenvalue weighted by Crippen LogP contribution is -2.55. The van der Waals surface area contributed by atoms with Gasteiger partial charge in [-0.15, -0.1) is 0 Å². The minimum Gasteiger partial charge on any atom is -0.396 e. The van der Waals surface area contributed by atoms with Crippen LogP contribution in [0.4, 0.5) is 24.5 Å². The van der Waals surface area contributed by atoms with Crippen molar-refractivity contribution in [3.63, 3.8) is 0 Å². The number of nitrogens with two attached hydrogens (primary N) is 1. The maximum atomic E-state index is 15.6. The van der Waals surface area contributed by atoms with E-state index in [0.717, 1.165) is 31.5 Å². The van der Waals surface area contributed by atoms with Crippen molar-refractivity contribution >= 4 is 35.7 Å². The Morgan fingerprint density at radius 3 is 2.64 bits per heavy atom.